The van der Waals surface area contributed by atoms with Gasteiger partial charge >= 0.3 is 12.4 Å². The van der Waals surface area contributed by atoms with Gasteiger partial charge in [0.25, 0.3) is 5.91 Å². The lowest BCUT2D eigenvalue weighted by molar-refractivity contribution is -0.143. The monoisotopic (exact) mass is 412 g/mol. The topological polar surface area (TPSA) is 42.0 Å². The first kappa shape index (κ1) is 18.2. The molecule has 2 aromatic rings. The van der Waals surface area contributed by atoms with Crippen molar-refractivity contribution in [2.24, 2.45) is 0 Å². The van der Waals surface area contributed by atoms with E-state index in [1.54, 1.807) is 0 Å². The maximum absolute atomic E-state index is 12.8. The van der Waals surface area contributed by atoms with Crippen LogP contribution >= 0.6 is 15.9 Å². The number of carbonyl (C=O) groups excluding carboxylic acids is 1. The number of nitrogens with zero attached hydrogens (tertiary/aromatic N) is 1. The number of benzene rings is 1. The van der Waals surface area contributed by atoms with E-state index in [0.717, 1.165) is 0 Å². The first-order valence-corrected chi connectivity index (χ1v) is 6.98. The zero-order chi connectivity index (χ0) is 18.1. The Labute approximate surface area is 139 Å². The zero-order valence-corrected chi connectivity index (χ0v) is 13.1. The van der Waals surface area contributed by atoms with Gasteiger partial charge in [-0.1, -0.05) is 0 Å². The van der Waals surface area contributed by atoms with Gasteiger partial charge < -0.3 is 5.32 Å². The van der Waals surface area contributed by atoms with Crippen molar-refractivity contribution in [3.8, 4) is 0 Å². The molecule has 1 aromatic carbocycles. The van der Waals surface area contributed by atoms with Crippen LogP contribution in [0.4, 0.5) is 32.2 Å². The average Bonchev–Trinajstić information content (AvgIpc) is 2.47. The molecule has 1 amide bonds. The van der Waals surface area contributed by atoms with Crippen molar-refractivity contribution in [3.05, 3.63) is 57.7 Å². The molecule has 1 N–H and O–H groups in total. The molecule has 0 bridgehead atoms. The van der Waals surface area contributed by atoms with Gasteiger partial charge in [0.15, 0.2) is 0 Å². The number of hydrogen-bond donors (Lipinski definition) is 1. The molecule has 0 radical (unpaired) electrons. The summed E-state index contributed by atoms with van der Waals surface area (Å²) in [6.07, 6.45) is -8.73. The second kappa shape index (κ2) is 6.42. The minimum atomic E-state index is -5.02. The smallest absolute Gasteiger partial charge is 0.307 e. The van der Waals surface area contributed by atoms with Crippen LogP contribution in [0.2, 0.25) is 0 Å². The number of hydrogen-bond acceptors (Lipinski definition) is 2. The molecule has 0 atom stereocenters. The molecule has 0 fully saturated rings. The number of alkyl halides is 6. The highest BCUT2D eigenvalue weighted by Gasteiger charge is 2.37. The van der Waals surface area contributed by atoms with E-state index < -0.39 is 35.0 Å². The van der Waals surface area contributed by atoms with Crippen molar-refractivity contribution in [3.63, 3.8) is 0 Å². The summed E-state index contributed by atoms with van der Waals surface area (Å²) in [7, 11) is 0. The highest BCUT2D eigenvalue weighted by Crippen LogP contribution is 2.36. The van der Waals surface area contributed by atoms with E-state index in [1.165, 1.54) is 18.3 Å². The molecule has 0 aliphatic heterocycles. The number of rotatable bonds is 2. The fourth-order valence-corrected chi connectivity index (χ4v) is 1.96. The summed E-state index contributed by atoms with van der Waals surface area (Å²) in [4.78, 5) is 15.7. The Balaban J connectivity index is 2.40. The van der Waals surface area contributed by atoms with Crippen LogP contribution in [0.5, 0.6) is 0 Å². The molecule has 0 saturated heterocycles. The van der Waals surface area contributed by atoms with Crippen molar-refractivity contribution in [1.29, 1.82) is 0 Å². The molecule has 0 unspecified atom stereocenters. The van der Waals surface area contributed by atoms with Crippen LogP contribution < -0.4 is 5.32 Å². The highest BCUT2D eigenvalue weighted by molar-refractivity contribution is 9.10. The van der Waals surface area contributed by atoms with Crippen LogP contribution in [0.3, 0.4) is 0 Å². The lowest BCUT2D eigenvalue weighted by Crippen LogP contribution is -2.17. The number of pyridine rings is 1. The van der Waals surface area contributed by atoms with E-state index in [2.05, 4.69) is 26.2 Å². The van der Waals surface area contributed by atoms with Gasteiger partial charge in [-0.05, 0) is 46.3 Å². The van der Waals surface area contributed by atoms with Gasteiger partial charge in [0.1, 0.15) is 5.82 Å². The number of nitrogens with one attached hydrogen (secondary N) is 1. The van der Waals surface area contributed by atoms with Crippen LogP contribution in [0, 0.1) is 0 Å². The summed E-state index contributed by atoms with van der Waals surface area (Å²) in [5.41, 5.74) is -3.90. The quantitative estimate of drug-likeness (QED) is 0.694. The van der Waals surface area contributed by atoms with Gasteiger partial charge in [0.2, 0.25) is 0 Å². The third kappa shape index (κ3) is 4.47. The second-order valence-corrected chi connectivity index (χ2v) is 5.53. The Hall–Kier alpha value is -2.10. The molecule has 3 nitrogen and oxygen atoms in total. The molecule has 1 heterocycles. The Bertz CT molecular complexity index is 723. The molecule has 2 rings (SSSR count). The maximum atomic E-state index is 12.8. The molecule has 0 saturated carbocycles. The number of carbonyl (C=O) groups is 1. The van der Waals surface area contributed by atoms with Gasteiger partial charge in [-0.3, -0.25) is 4.79 Å². The number of amides is 1. The molecule has 0 aliphatic carbocycles. The van der Waals surface area contributed by atoms with Crippen LogP contribution in [-0.4, -0.2) is 10.9 Å². The van der Waals surface area contributed by atoms with Gasteiger partial charge in [-0.2, -0.15) is 26.3 Å². The van der Waals surface area contributed by atoms with E-state index in [0.29, 0.717) is 16.6 Å². The molecule has 0 aliphatic rings. The van der Waals surface area contributed by atoms with Crippen molar-refractivity contribution in [1.82, 2.24) is 4.98 Å². The van der Waals surface area contributed by atoms with E-state index in [1.807, 2.05) is 0 Å². The van der Waals surface area contributed by atoms with Crippen molar-refractivity contribution < 1.29 is 31.1 Å². The van der Waals surface area contributed by atoms with E-state index in [-0.39, 0.29) is 11.9 Å². The van der Waals surface area contributed by atoms with Crippen molar-refractivity contribution >= 4 is 27.7 Å². The molecular formula is C14H7BrF6N2O. The van der Waals surface area contributed by atoms with Crippen LogP contribution in [0.25, 0.3) is 0 Å². The number of aromatic nitrogens is 1. The molecule has 128 valence electrons. The first-order valence-electron chi connectivity index (χ1n) is 6.19. The Morgan fingerprint density at radius 1 is 0.958 bits per heavy atom. The Kier molecular flexibility index (Phi) is 4.88. The fraction of sp³-hybridized carbons (Fsp3) is 0.143. The van der Waals surface area contributed by atoms with Gasteiger partial charge in [0, 0.05) is 16.2 Å². The first-order chi connectivity index (χ1) is 11.0. The zero-order valence-electron chi connectivity index (χ0n) is 11.5. The van der Waals surface area contributed by atoms with Crippen LogP contribution in [0.15, 0.2) is 41.0 Å². The minimum Gasteiger partial charge on any atom is -0.307 e. The van der Waals surface area contributed by atoms with Crippen LogP contribution in [-0.2, 0) is 12.4 Å². The average molecular weight is 413 g/mol. The van der Waals surface area contributed by atoms with Gasteiger partial charge in [-0.15, -0.1) is 0 Å². The SMILES string of the molecule is O=C(Nc1ccc(Br)cn1)c1cc(C(F)(F)F)cc(C(F)(F)F)c1. The third-order valence-corrected chi connectivity index (χ3v) is 3.29. The van der Waals surface area contributed by atoms with Crippen LogP contribution in [0.1, 0.15) is 21.5 Å². The molecular weight excluding hydrogens is 406 g/mol. The van der Waals surface area contributed by atoms with E-state index in [9.17, 15) is 31.1 Å². The van der Waals surface area contributed by atoms with E-state index >= 15 is 0 Å². The largest absolute Gasteiger partial charge is 0.416 e. The molecule has 10 heteroatoms. The maximum Gasteiger partial charge on any atom is 0.416 e. The second-order valence-electron chi connectivity index (χ2n) is 4.61. The minimum absolute atomic E-state index is 0.0193. The lowest BCUT2D eigenvalue weighted by atomic mass is 10.0. The third-order valence-electron chi connectivity index (χ3n) is 2.82. The van der Waals surface area contributed by atoms with Gasteiger partial charge in [-0.25, -0.2) is 4.98 Å². The molecule has 24 heavy (non-hydrogen) atoms. The summed E-state index contributed by atoms with van der Waals surface area (Å²) >= 11 is 3.09. The fourth-order valence-electron chi connectivity index (χ4n) is 1.72. The molecule has 0 spiro atoms. The summed E-state index contributed by atoms with van der Waals surface area (Å²) in [5.74, 6) is -1.16. The predicted octanol–water partition coefficient (Wildman–Crippen LogP) is 5.13. The summed E-state index contributed by atoms with van der Waals surface area (Å²) < 4.78 is 77.1. The summed E-state index contributed by atoms with van der Waals surface area (Å²) in [5, 5.41) is 2.14. The van der Waals surface area contributed by atoms with Crippen molar-refractivity contribution in [2.75, 3.05) is 5.32 Å². The Morgan fingerprint density at radius 2 is 1.50 bits per heavy atom. The normalized spacial score (nSPS) is 12.1. The summed E-state index contributed by atoms with van der Waals surface area (Å²) in [6.45, 7) is 0. The Morgan fingerprint density at radius 3 is 1.92 bits per heavy atom. The van der Waals surface area contributed by atoms with Gasteiger partial charge in [0.05, 0.1) is 11.1 Å². The summed E-state index contributed by atoms with van der Waals surface area (Å²) in [6, 6.07) is 3.48. The highest BCUT2D eigenvalue weighted by atomic mass is 79.9. The number of anilines is 1. The predicted molar refractivity (Wildman–Crippen MR) is 76.3 cm³/mol. The molecule has 1 aromatic heterocycles. The van der Waals surface area contributed by atoms with Crippen molar-refractivity contribution in [2.45, 2.75) is 12.4 Å². The van der Waals surface area contributed by atoms with E-state index in [4.69, 9.17) is 0 Å². The number of halogens is 7. The standard InChI is InChI=1S/C14H7BrF6N2O/c15-10-1-2-11(22-6-10)23-12(24)7-3-8(13(16,17)18)5-9(4-7)14(19,20)21/h1-6H,(H,22,23,24). The lowest BCUT2D eigenvalue weighted by Gasteiger charge is -2.14.